The second-order valence-corrected chi connectivity index (χ2v) is 12.8. The fourth-order valence-electron chi connectivity index (χ4n) is 5.49. The van der Waals surface area contributed by atoms with Gasteiger partial charge in [-0.25, -0.2) is 9.37 Å². The molecular weight excluding hydrogens is 557 g/mol. The van der Waals surface area contributed by atoms with Gasteiger partial charge in [-0.1, -0.05) is 43.7 Å². The number of esters is 1. The highest BCUT2D eigenvalue weighted by molar-refractivity contribution is 7.90. The Balaban J connectivity index is 1.55. The van der Waals surface area contributed by atoms with Crippen molar-refractivity contribution in [3.8, 4) is 17.0 Å². The van der Waals surface area contributed by atoms with Crippen molar-refractivity contribution >= 4 is 37.8 Å². The highest BCUT2D eigenvalue weighted by Crippen LogP contribution is 2.43. The summed E-state index contributed by atoms with van der Waals surface area (Å²) in [5.74, 6) is -0.456. The zero-order valence-electron chi connectivity index (χ0n) is 23.7. The van der Waals surface area contributed by atoms with Gasteiger partial charge in [-0.15, -0.1) is 0 Å². The van der Waals surface area contributed by atoms with Crippen LogP contribution in [0.15, 0.2) is 71.8 Å². The van der Waals surface area contributed by atoms with E-state index >= 15 is 0 Å². The summed E-state index contributed by atoms with van der Waals surface area (Å²) in [6, 6.07) is 16.4. The van der Waals surface area contributed by atoms with Crippen LogP contribution >= 0.6 is 0 Å². The fourth-order valence-corrected chi connectivity index (χ4v) is 6.76. The van der Waals surface area contributed by atoms with Gasteiger partial charge in [0.25, 0.3) is 10.0 Å². The topological polar surface area (TPSA) is 100 Å². The van der Waals surface area contributed by atoms with E-state index < -0.39 is 10.0 Å². The van der Waals surface area contributed by atoms with Crippen molar-refractivity contribution in [2.75, 3.05) is 7.11 Å². The van der Waals surface area contributed by atoms with Crippen molar-refractivity contribution in [1.29, 1.82) is 0 Å². The molecule has 0 amide bonds. The summed E-state index contributed by atoms with van der Waals surface area (Å²) in [7, 11) is -2.60. The van der Waals surface area contributed by atoms with Crippen molar-refractivity contribution in [2.24, 2.45) is 5.92 Å². The minimum atomic E-state index is -3.98. The highest BCUT2D eigenvalue weighted by atomic mass is 32.2. The maximum Gasteiger partial charge on any atom is 0.308 e. The summed E-state index contributed by atoms with van der Waals surface area (Å²) in [4.78, 5) is 17.0. The van der Waals surface area contributed by atoms with E-state index in [1.54, 1.807) is 42.5 Å². The molecule has 6 rings (SSSR count). The molecule has 1 aliphatic carbocycles. The number of rotatable bonds is 7. The number of ether oxygens (including phenoxy) is 2. The predicted octanol–water partition coefficient (Wildman–Crippen LogP) is 6.39. The Labute approximate surface area is 243 Å². The first-order valence-corrected chi connectivity index (χ1v) is 15.2. The van der Waals surface area contributed by atoms with Gasteiger partial charge in [0.1, 0.15) is 11.9 Å². The van der Waals surface area contributed by atoms with Crippen molar-refractivity contribution in [1.82, 2.24) is 14.2 Å². The molecule has 8 nitrogen and oxygen atoms in total. The molecule has 0 saturated heterocycles. The van der Waals surface area contributed by atoms with Gasteiger partial charge in [-0.3, -0.25) is 4.79 Å². The number of halogens is 1. The third kappa shape index (κ3) is 4.79. The first-order valence-electron chi connectivity index (χ1n) is 13.7. The van der Waals surface area contributed by atoms with Crippen LogP contribution in [-0.4, -0.2) is 41.8 Å². The summed E-state index contributed by atoms with van der Waals surface area (Å²) in [5, 5.41) is 5.64. The van der Waals surface area contributed by atoms with Gasteiger partial charge in [-0.05, 0) is 73.2 Å². The lowest BCUT2D eigenvalue weighted by Gasteiger charge is -2.34. The molecular formula is C32H30FN3O5S. The third-order valence-corrected chi connectivity index (χ3v) is 9.42. The predicted molar refractivity (Wildman–Crippen MR) is 157 cm³/mol. The average molecular weight is 588 g/mol. The molecule has 10 heteroatoms. The molecule has 1 saturated carbocycles. The molecule has 1 fully saturated rings. The maximum atomic E-state index is 14.0. The normalized spacial score (nSPS) is 17.0. The lowest BCUT2D eigenvalue weighted by molar-refractivity contribution is -0.151. The molecule has 42 heavy (non-hydrogen) atoms. The number of nitrogens with zero attached hydrogens (tertiary/aromatic N) is 3. The molecule has 0 unspecified atom stereocenters. The number of aromatic nitrogens is 3. The number of fused-ring (bicyclic) bond motifs is 2. The van der Waals surface area contributed by atoms with Gasteiger partial charge in [0.15, 0.2) is 0 Å². The first-order chi connectivity index (χ1) is 20.1. The molecule has 216 valence electrons. The Morgan fingerprint density at radius 1 is 1.05 bits per heavy atom. The van der Waals surface area contributed by atoms with Crippen LogP contribution < -0.4 is 4.74 Å². The Hall–Kier alpha value is -4.31. The molecule has 0 N–H and O–H groups in total. The number of carbonyl (C=O) groups is 1. The van der Waals surface area contributed by atoms with E-state index in [2.05, 4.69) is 5.10 Å². The zero-order valence-corrected chi connectivity index (χ0v) is 24.5. The molecule has 1 aliphatic rings. The van der Waals surface area contributed by atoms with Crippen molar-refractivity contribution in [3.63, 3.8) is 0 Å². The maximum absolute atomic E-state index is 14.0. The van der Waals surface area contributed by atoms with E-state index in [4.69, 9.17) is 14.5 Å². The van der Waals surface area contributed by atoms with Gasteiger partial charge in [0.2, 0.25) is 5.88 Å². The average Bonchev–Trinajstić information content (AvgIpc) is 3.36. The quantitative estimate of drug-likeness (QED) is 0.203. The molecule has 5 aromatic rings. The van der Waals surface area contributed by atoms with Gasteiger partial charge >= 0.3 is 5.97 Å². The highest BCUT2D eigenvalue weighted by Gasteiger charge is 2.38. The fraction of sp³-hybridized carbons (Fsp3) is 0.281. The molecule has 3 aromatic carbocycles. The van der Waals surface area contributed by atoms with E-state index in [0.717, 1.165) is 31.7 Å². The number of benzene rings is 3. The largest absolute Gasteiger partial charge is 0.474 e. The first kappa shape index (κ1) is 27.8. The monoisotopic (exact) mass is 587 g/mol. The zero-order chi connectivity index (χ0) is 29.8. The van der Waals surface area contributed by atoms with Crippen LogP contribution in [0.4, 0.5) is 4.39 Å². The second kappa shape index (κ2) is 10.5. The molecule has 0 atom stereocenters. The van der Waals surface area contributed by atoms with Crippen molar-refractivity contribution in [3.05, 3.63) is 83.8 Å². The summed E-state index contributed by atoms with van der Waals surface area (Å²) in [5.41, 5.74) is 4.27. The summed E-state index contributed by atoms with van der Waals surface area (Å²) < 4.78 is 53.4. The van der Waals surface area contributed by atoms with Crippen LogP contribution in [-0.2, 0) is 19.6 Å². The number of pyridine rings is 1. The smallest absolute Gasteiger partial charge is 0.308 e. The third-order valence-electron chi connectivity index (χ3n) is 7.81. The van der Waals surface area contributed by atoms with E-state index in [1.165, 1.54) is 25.4 Å². The molecule has 0 radical (unpaired) electrons. The standard InChI is InChI=1S/C32H30FN3O5S/c1-18(2)29-30(20-7-9-23(33)10-8-20)26-15-22-17-34-36(42(38,39)25-11-5-19(3)6-12-25)28(22)16-27(26)35-31(29)41-24-13-21(14-24)32(37)40-4/h5-12,15-18,21,24H,13-14H2,1-4H3. The number of methoxy groups -OCH3 is 1. The van der Waals surface area contributed by atoms with Gasteiger partial charge in [0.05, 0.1) is 35.2 Å². The van der Waals surface area contributed by atoms with Gasteiger partial charge in [0, 0.05) is 16.3 Å². The van der Waals surface area contributed by atoms with E-state index in [9.17, 15) is 17.6 Å². The molecule has 0 bridgehead atoms. The Bertz CT molecular complexity index is 1930. The Kier molecular flexibility index (Phi) is 6.97. The lowest BCUT2D eigenvalue weighted by atomic mass is 9.82. The number of hydrogen-bond acceptors (Lipinski definition) is 7. The van der Waals surface area contributed by atoms with Crippen LogP contribution in [0.3, 0.4) is 0 Å². The Morgan fingerprint density at radius 3 is 2.38 bits per heavy atom. The SMILES string of the molecule is COC(=O)C1CC(Oc2nc3cc4c(cnn4S(=O)(=O)c4ccc(C)cc4)cc3c(-c3ccc(F)cc3)c2C(C)C)C1. The van der Waals surface area contributed by atoms with Crippen LogP contribution in [0.25, 0.3) is 32.9 Å². The molecule has 0 aliphatic heterocycles. The van der Waals surface area contributed by atoms with Crippen LogP contribution in [0.5, 0.6) is 5.88 Å². The molecule has 2 heterocycles. The van der Waals surface area contributed by atoms with E-state index in [0.29, 0.717) is 35.1 Å². The van der Waals surface area contributed by atoms with Gasteiger partial charge in [-0.2, -0.15) is 17.6 Å². The summed E-state index contributed by atoms with van der Waals surface area (Å²) in [6.07, 6.45) is 2.32. The summed E-state index contributed by atoms with van der Waals surface area (Å²) in [6.45, 7) is 5.96. The lowest BCUT2D eigenvalue weighted by Crippen LogP contribution is -2.39. The molecule has 0 spiro atoms. The molecule has 2 aromatic heterocycles. The number of carbonyl (C=O) groups excluding carboxylic acids is 1. The van der Waals surface area contributed by atoms with Crippen molar-refractivity contribution in [2.45, 2.75) is 50.5 Å². The number of aryl methyl sites for hydroxylation is 1. The van der Waals surface area contributed by atoms with E-state index in [-0.39, 0.29) is 34.6 Å². The van der Waals surface area contributed by atoms with Gasteiger partial charge < -0.3 is 9.47 Å². The second-order valence-electron chi connectivity index (χ2n) is 11.0. The van der Waals surface area contributed by atoms with Crippen LogP contribution in [0.2, 0.25) is 0 Å². The number of hydrogen-bond donors (Lipinski definition) is 0. The van der Waals surface area contributed by atoms with Crippen LogP contribution in [0, 0.1) is 18.7 Å². The minimum Gasteiger partial charge on any atom is -0.474 e. The van der Waals surface area contributed by atoms with Crippen molar-refractivity contribution < 1.29 is 27.1 Å². The van der Waals surface area contributed by atoms with Crippen LogP contribution in [0.1, 0.15) is 43.7 Å². The summed E-state index contributed by atoms with van der Waals surface area (Å²) >= 11 is 0. The minimum absolute atomic E-state index is 0.0197. The Morgan fingerprint density at radius 2 is 1.74 bits per heavy atom. The van der Waals surface area contributed by atoms with E-state index in [1.807, 2.05) is 26.8 Å².